The molecule has 2 aromatic heterocycles. The summed E-state index contributed by atoms with van der Waals surface area (Å²) in [4.78, 5) is 12.6. The van der Waals surface area contributed by atoms with E-state index in [0.29, 0.717) is 11.3 Å². The zero-order chi connectivity index (χ0) is 18.1. The van der Waals surface area contributed by atoms with Crippen LogP contribution in [-0.4, -0.2) is 26.3 Å². The standard InChI is InChI=1S/C17H15ClFN3OS2/c1-9-6-13(16(23)8-24-17-21-20-11(3)25-17)10(2)22(9)12-4-5-15(19)14(18)7-12/h4-7H,8H2,1-3H3. The monoisotopic (exact) mass is 395 g/mol. The minimum atomic E-state index is -0.465. The van der Waals surface area contributed by atoms with Gasteiger partial charge >= 0.3 is 0 Å². The summed E-state index contributed by atoms with van der Waals surface area (Å²) in [7, 11) is 0. The largest absolute Gasteiger partial charge is 0.318 e. The minimum absolute atomic E-state index is 0.0189. The van der Waals surface area contributed by atoms with Crippen LogP contribution in [-0.2, 0) is 0 Å². The van der Waals surface area contributed by atoms with E-state index in [1.165, 1.54) is 29.2 Å². The van der Waals surface area contributed by atoms with Crippen LogP contribution < -0.4 is 0 Å². The number of hydrogen-bond donors (Lipinski definition) is 0. The number of thioether (sulfide) groups is 1. The Kier molecular flexibility index (Phi) is 5.27. The van der Waals surface area contributed by atoms with Crippen molar-refractivity contribution in [2.45, 2.75) is 25.1 Å². The van der Waals surface area contributed by atoms with E-state index in [1.807, 2.05) is 31.4 Å². The van der Waals surface area contributed by atoms with Crippen molar-refractivity contribution >= 4 is 40.5 Å². The highest BCUT2D eigenvalue weighted by atomic mass is 35.5. The van der Waals surface area contributed by atoms with Crippen molar-refractivity contribution in [3.05, 3.63) is 57.1 Å². The molecule has 3 rings (SSSR count). The summed E-state index contributed by atoms with van der Waals surface area (Å²) in [6.45, 7) is 5.66. The Morgan fingerprint density at radius 3 is 2.68 bits per heavy atom. The van der Waals surface area contributed by atoms with Gasteiger partial charge in [-0.2, -0.15) is 0 Å². The van der Waals surface area contributed by atoms with Gasteiger partial charge in [-0.1, -0.05) is 34.7 Å². The molecule has 3 aromatic rings. The Morgan fingerprint density at radius 2 is 2.04 bits per heavy atom. The lowest BCUT2D eigenvalue weighted by molar-refractivity contribution is 0.102. The Bertz CT molecular complexity index is 952. The molecule has 0 aliphatic heterocycles. The first kappa shape index (κ1) is 18.1. The quantitative estimate of drug-likeness (QED) is 0.449. The molecule has 0 amide bonds. The number of rotatable bonds is 5. The summed E-state index contributed by atoms with van der Waals surface area (Å²) in [5, 5.41) is 8.90. The molecule has 0 N–H and O–H groups in total. The average molecular weight is 396 g/mol. The predicted molar refractivity (Wildman–Crippen MR) is 99.9 cm³/mol. The number of halogens is 2. The van der Waals surface area contributed by atoms with Crippen molar-refractivity contribution in [3.63, 3.8) is 0 Å². The smallest absolute Gasteiger partial charge is 0.174 e. The first-order valence-electron chi connectivity index (χ1n) is 7.47. The summed E-state index contributed by atoms with van der Waals surface area (Å²) in [6.07, 6.45) is 0. The molecule has 0 bridgehead atoms. The van der Waals surface area contributed by atoms with Gasteiger partial charge in [-0.15, -0.1) is 10.2 Å². The van der Waals surface area contributed by atoms with Crippen LogP contribution in [0.25, 0.3) is 5.69 Å². The molecule has 0 unspecified atom stereocenters. The lowest BCUT2D eigenvalue weighted by Crippen LogP contribution is -2.05. The SMILES string of the molecule is Cc1nnc(SCC(=O)c2cc(C)n(-c3ccc(F)c(Cl)c3)c2C)s1. The molecule has 0 fully saturated rings. The second-order valence-corrected chi connectivity index (χ2v) is 8.33. The van der Waals surface area contributed by atoms with E-state index >= 15 is 0 Å². The molecule has 0 aliphatic carbocycles. The van der Waals surface area contributed by atoms with E-state index in [9.17, 15) is 9.18 Å². The highest BCUT2D eigenvalue weighted by Crippen LogP contribution is 2.27. The molecule has 0 aliphatic rings. The van der Waals surface area contributed by atoms with Gasteiger partial charge in [0.15, 0.2) is 10.1 Å². The Morgan fingerprint density at radius 1 is 1.28 bits per heavy atom. The minimum Gasteiger partial charge on any atom is -0.318 e. The van der Waals surface area contributed by atoms with E-state index in [4.69, 9.17) is 11.6 Å². The van der Waals surface area contributed by atoms with Crippen molar-refractivity contribution < 1.29 is 9.18 Å². The van der Waals surface area contributed by atoms with Gasteiger partial charge in [-0.3, -0.25) is 4.79 Å². The molecular formula is C17H15ClFN3OS2. The first-order valence-corrected chi connectivity index (χ1v) is 9.65. The van der Waals surface area contributed by atoms with E-state index in [-0.39, 0.29) is 10.8 Å². The van der Waals surface area contributed by atoms with Gasteiger partial charge < -0.3 is 4.57 Å². The number of nitrogens with zero attached hydrogens (tertiary/aromatic N) is 3. The number of hydrogen-bond acceptors (Lipinski definition) is 5. The second kappa shape index (κ2) is 7.27. The van der Waals surface area contributed by atoms with Crippen LogP contribution in [0.3, 0.4) is 0 Å². The summed E-state index contributed by atoms with van der Waals surface area (Å²) < 4.78 is 16.1. The van der Waals surface area contributed by atoms with Crippen molar-refractivity contribution in [2.75, 3.05) is 5.75 Å². The van der Waals surface area contributed by atoms with E-state index in [1.54, 1.807) is 12.1 Å². The lowest BCUT2D eigenvalue weighted by Gasteiger charge is -2.10. The fourth-order valence-corrected chi connectivity index (χ4v) is 4.48. The Balaban J connectivity index is 1.85. The first-order chi connectivity index (χ1) is 11.9. The van der Waals surface area contributed by atoms with Crippen LogP contribution in [0.15, 0.2) is 28.6 Å². The number of benzene rings is 1. The zero-order valence-electron chi connectivity index (χ0n) is 13.8. The maximum Gasteiger partial charge on any atom is 0.174 e. The summed E-state index contributed by atoms with van der Waals surface area (Å²) in [5.41, 5.74) is 3.07. The van der Waals surface area contributed by atoms with Crippen molar-refractivity contribution in [1.29, 1.82) is 0 Å². The van der Waals surface area contributed by atoms with Crippen molar-refractivity contribution in [1.82, 2.24) is 14.8 Å². The maximum atomic E-state index is 13.4. The van der Waals surface area contributed by atoms with Gasteiger partial charge in [0.25, 0.3) is 0 Å². The van der Waals surface area contributed by atoms with E-state index in [2.05, 4.69) is 10.2 Å². The molecule has 0 saturated carbocycles. The van der Waals surface area contributed by atoms with Gasteiger partial charge in [0, 0.05) is 22.6 Å². The van der Waals surface area contributed by atoms with Crippen molar-refractivity contribution in [2.24, 2.45) is 0 Å². The molecule has 0 radical (unpaired) electrons. The average Bonchev–Trinajstić information content (AvgIpc) is 3.11. The summed E-state index contributed by atoms with van der Waals surface area (Å²) in [6, 6.07) is 6.38. The summed E-state index contributed by atoms with van der Waals surface area (Å²) >= 11 is 8.74. The van der Waals surface area contributed by atoms with Gasteiger partial charge in [-0.25, -0.2) is 4.39 Å². The number of carbonyl (C=O) groups is 1. The topological polar surface area (TPSA) is 47.8 Å². The highest BCUT2D eigenvalue weighted by Gasteiger charge is 2.18. The Labute approximate surface area is 158 Å². The van der Waals surface area contributed by atoms with E-state index < -0.39 is 5.82 Å². The molecule has 0 saturated heterocycles. The molecule has 0 spiro atoms. The number of aromatic nitrogens is 3. The predicted octanol–water partition coefficient (Wildman–Crippen LogP) is 5.02. The van der Waals surface area contributed by atoms with E-state index in [0.717, 1.165) is 26.4 Å². The lowest BCUT2D eigenvalue weighted by atomic mass is 10.2. The number of carbonyl (C=O) groups excluding carboxylic acids is 1. The van der Waals surface area contributed by atoms with Crippen LogP contribution in [0, 0.1) is 26.6 Å². The van der Waals surface area contributed by atoms with Gasteiger partial charge in [0.2, 0.25) is 0 Å². The van der Waals surface area contributed by atoms with Crippen LogP contribution in [0.4, 0.5) is 4.39 Å². The molecule has 0 atom stereocenters. The molecular weight excluding hydrogens is 381 g/mol. The third-order valence-corrected chi connectivity index (χ3v) is 5.99. The highest BCUT2D eigenvalue weighted by molar-refractivity contribution is 8.01. The normalized spacial score (nSPS) is 11.1. The third-order valence-electron chi connectivity index (χ3n) is 3.73. The molecule has 130 valence electrons. The molecule has 2 heterocycles. The number of aryl methyl sites for hydroxylation is 2. The molecule has 25 heavy (non-hydrogen) atoms. The maximum absolute atomic E-state index is 13.4. The van der Waals surface area contributed by atoms with Gasteiger partial charge in [0.1, 0.15) is 10.8 Å². The molecule has 8 heteroatoms. The Hall–Kier alpha value is -1.70. The van der Waals surface area contributed by atoms with Crippen LogP contribution in [0.2, 0.25) is 5.02 Å². The van der Waals surface area contributed by atoms with Gasteiger partial charge in [-0.05, 0) is 45.0 Å². The third kappa shape index (κ3) is 3.78. The van der Waals surface area contributed by atoms with Crippen molar-refractivity contribution in [3.8, 4) is 5.69 Å². The number of Topliss-reactive ketones (excluding diaryl/α,β-unsaturated/α-hetero) is 1. The number of ketones is 1. The van der Waals surface area contributed by atoms with Crippen LogP contribution in [0.1, 0.15) is 26.8 Å². The van der Waals surface area contributed by atoms with Gasteiger partial charge in [0.05, 0.1) is 10.8 Å². The fraction of sp³-hybridized carbons (Fsp3) is 0.235. The molecule has 1 aromatic carbocycles. The molecule has 4 nitrogen and oxygen atoms in total. The summed E-state index contributed by atoms with van der Waals surface area (Å²) in [5.74, 6) is -0.151. The van der Waals surface area contributed by atoms with Crippen LogP contribution >= 0.6 is 34.7 Å². The zero-order valence-corrected chi connectivity index (χ0v) is 16.2. The second-order valence-electron chi connectivity index (χ2n) is 5.52. The van der Waals surface area contributed by atoms with Crippen LogP contribution in [0.5, 0.6) is 0 Å². The fourth-order valence-electron chi connectivity index (χ4n) is 2.61.